The molecule has 2 atom stereocenters. The number of anilines is 1. The molecule has 0 unspecified atom stereocenters. The van der Waals surface area contributed by atoms with Crippen LogP contribution in [-0.2, 0) is 4.79 Å². The van der Waals surface area contributed by atoms with Gasteiger partial charge in [-0.25, -0.2) is 0 Å². The highest BCUT2D eigenvalue weighted by atomic mass is 35.5. The lowest BCUT2D eigenvalue weighted by atomic mass is 10.0. The number of rotatable bonds is 3. The zero-order valence-electron chi connectivity index (χ0n) is 11.7. The monoisotopic (exact) mass is 293 g/mol. The van der Waals surface area contributed by atoms with Crippen molar-refractivity contribution < 1.29 is 4.79 Å². The largest absolute Gasteiger partial charge is 0.325 e. The van der Waals surface area contributed by atoms with Crippen LogP contribution in [0.5, 0.6) is 0 Å². The maximum Gasteiger partial charge on any atom is 0.238 e. The van der Waals surface area contributed by atoms with Gasteiger partial charge in [-0.05, 0) is 55.6 Å². The van der Waals surface area contributed by atoms with Crippen LogP contribution in [0.3, 0.4) is 0 Å². The SMILES string of the molecule is Cc1cc(Cl)ccc1NC(=O)CN1C[C@H]2CNC[C@H]2C1. The molecule has 1 aromatic carbocycles. The van der Waals surface area contributed by atoms with Crippen molar-refractivity contribution in [1.82, 2.24) is 10.2 Å². The highest BCUT2D eigenvalue weighted by molar-refractivity contribution is 6.30. The van der Waals surface area contributed by atoms with E-state index in [0.29, 0.717) is 11.6 Å². The Balaban J connectivity index is 1.55. The van der Waals surface area contributed by atoms with E-state index in [4.69, 9.17) is 11.6 Å². The van der Waals surface area contributed by atoms with Crippen molar-refractivity contribution in [3.63, 3.8) is 0 Å². The summed E-state index contributed by atoms with van der Waals surface area (Å²) in [6.07, 6.45) is 0. The van der Waals surface area contributed by atoms with E-state index >= 15 is 0 Å². The van der Waals surface area contributed by atoms with Gasteiger partial charge < -0.3 is 10.6 Å². The van der Waals surface area contributed by atoms with Crippen molar-refractivity contribution in [2.75, 3.05) is 38.0 Å². The molecular formula is C15H20ClN3O. The molecule has 2 fully saturated rings. The van der Waals surface area contributed by atoms with E-state index in [-0.39, 0.29) is 5.91 Å². The highest BCUT2D eigenvalue weighted by Gasteiger charge is 2.36. The van der Waals surface area contributed by atoms with Crippen LogP contribution in [0.25, 0.3) is 0 Å². The van der Waals surface area contributed by atoms with Crippen LogP contribution in [0, 0.1) is 18.8 Å². The third-order valence-corrected chi connectivity index (χ3v) is 4.53. The Morgan fingerprint density at radius 2 is 2.10 bits per heavy atom. The first kappa shape index (κ1) is 13.9. The summed E-state index contributed by atoms with van der Waals surface area (Å²) in [6, 6.07) is 5.53. The summed E-state index contributed by atoms with van der Waals surface area (Å²) in [4.78, 5) is 14.4. The zero-order chi connectivity index (χ0) is 14.1. The summed E-state index contributed by atoms with van der Waals surface area (Å²) in [5.74, 6) is 1.50. The van der Waals surface area contributed by atoms with E-state index in [9.17, 15) is 4.79 Å². The predicted octanol–water partition coefficient (Wildman–Crippen LogP) is 1.74. The molecule has 1 amide bonds. The average molecular weight is 294 g/mol. The van der Waals surface area contributed by atoms with Gasteiger partial charge >= 0.3 is 0 Å². The third-order valence-electron chi connectivity index (χ3n) is 4.29. The van der Waals surface area contributed by atoms with Gasteiger partial charge in [0.05, 0.1) is 6.54 Å². The molecule has 0 saturated carbocycles. The number of hydrogen-bond donors (Lipinski definition) is 2. The second-order valence-electron chi connectivity index (χ2n) is 5.88. The van der Waals surface area contributed by atoms with Gasteiger partial charge in [0.2, 0.25) is 5.91 Å². The van der Waals surface area contributed by atoms with Crippen LogP contribution in [0.2, 0.25) is 5.02 Å². The minimum absolute atomic E-state index is 0.0587. The van der Waals surface area contributed by atoms with Gasteiger partial charge in [-0.3, -0.25) is 9.69 Å². The first-order valence-corrected chi connectivity index (χ1v) is 7.48. The Kier molecular flexibility index (Phi) is 3.96. The summed E-state index contributed by atoms with van der Waals surface area (Å²) in [5, 5.41) is 7.08. The maximum absolute atomic E-state index is 12.1. The predicted molar refractivity (Wildman–Crippen MR) is 81.1 cm³/mol. The number of aryl methyl sites for hydroxylation is 1. The lowest BCUT2D eigenvalue weighted by Gasteiger charge is -2.17. The molecule has 0 radical (unpaired) electrons. The van der Waals surface area contributed by atoms with E-state index in [0.717, 1.165) is 49.3 Å². The Morgan fingerprint density at radius 3 is 2.75 bits per heavy atom. The molecule has 0 aromatic heterocycles. The minimum atomic E-state index is 0.0587. The molecule has 0 spiro atoms. The summed E-state index contributed by atoms with van der Waals surface area (Å²) in [5.41, 5.74) is 1.84. The molecule has 2 N–H and O–H groups in total. The summed E-state index contributed by atoms with van der Waals surface area (Å²) >= 11 is 5.92. The molecule has 2 aliphatic rings. The Bertz CT molecular complexity index is 508. The van der Waals surface area contributed by atoms with Crippen LogP contribution >= 0.6 is 11.6 Å². The van der Waals surface area contributed by atoms with Crippen LogP contribution in [0.4, 0.5) is 5.69 Å². The molecule has 2 aliphatic heterocycles. The number of benzene rings is 1. The van der Waals surface area contributed by atoms with Gasteiger partial charge in [0.15, 0.2) is 0 Å². The number of halogens is 1. The fourth-order valence-corrected chi connectivity index (χ4v) is 3.47. The number of carbonyl (C=O) groups is 1. The normalized spacial score (nSPS) is 25.7. The standard InChI is InChI=1S/C15H20ClN3O/c1-10-4-13(16)2-3-14(10)18-15(20)9-19-7-11-5-17-6-12(11)8-19/h2-4,11-12,17H,5-9H2,1H3,(H,18,20)/t11-,12+. The Morgan fingerprint density at radius 1 is 1.40 bits per heavy atom. The van der Waals surface area contributed by atoms with Crippen molar-refractivity contribution in [3.8, 4) is 0 Å². The van der Waals surface area contributed by atoms with E-state index in [1.807, 2.05) is 19.1 Å². The van der Waals surface area contributed by atoms with E-state index in [1.165, 1.54) is 0 Å². The molecule has 20 heavy (non-hydrogen) atoms. The number of nitrogens with one attached hydrogen (secondary N) is 2. The zero-order valence-corrected chi connectivity index (χ0v) is 12.4. The van der Waals surface area contributed by atoms with E-state index in [1.54, 1.807) is 6.07 Å². The summed E-state index contributed by atoms with van der Waals surface area (Å²) < 4.78 is 0. The van der Waals surface area contributed by atoms with Crippen molar-refractivity contribution in [1.29, 1.82) is 0 Å². The molecular weight excluding hydrogens is 274 g/mol. The molecule has 2 saturated heterocycles. The highest BCUT2D eigenvalue weighted by Crippen LogP contribution is 2.26. The van der Waals surface area contributed by atoms with Crippen LogP contribution in [0.1, 0.15) is 5.56 Å². The summed E-state index contributed by atoms with van der Waals surface area (Å²) in [6.45, 7) is 6.69. The molecule has 4 nitrogen and oxygen atoms in total. The van der Waals surface area contributed by atoms with Gasteiger partial charge in [-0.15, -0.1) is 0 Å². The quantitative estimate of drug-likeness (QED) is 0.892. The molecule has 5 heteroatoms. The third kappa shape index (κ3) is 2.97. The number of hydrogen-bond acceptors (Lipinski definition) is 3. The molecule has 3 rings (SSSR count). The van der Waals surface area contributed by atoms with Crippen LogP contribution < -0.4 is 10.6 Å². The number of amides is 1. The number of fused-ring (bicyclic) bond motifs is 1. The van der Waals surface area contributed by atoms with Crippen molar-refractivity contribution in [3.05, 3.63) is 28.8 Å². The van der Waals surface area contributed by atoms with Gasteiger partial charge in [0.25, 0.3) is 0 Å². The Labute approximate surface area is 124 Å². The topological polar surface area (TPSA) is 44.4 Å². The fourth-order valence-electron chi connectivity index (χ4n) is 3.24. The molecule has 1 aromatic rings. The lowest BCUT2D eigenvalue weighted by Crippen LogP contribution is -2.33. The minimum Gasteiger partial charge on any atom is -0.325 e. The molecule has 2 heterocycles. The van der Waals surface area contributed by atoms with Crippen LogP contribution in [0.15, 0.2) is 18.2 Å². The van der Waals surface area contributed by atoms with E-state index < -0.39 is 0 Å². The molecule has 0 bridgehead atoms. The smallest absolute Gasteiger partial charge is 0.238 e. The van der Waals surface area contributed by atoms with Crippen molar-refractivity contribution in [2.24, 2.45) is 11.8 Å². The Hall–Kier alpha value is -1.10. The lowest BCUT2D eigenvalue weighted by molar-refractivity contribution is -0.117. The molecule has 0 aliphatic carbocycles. The van der Waals surface area contributed by atoms with Gasteiger partial charge in [-0.1, -0.05) is 11.6 Å². The second-order valence-corrected chi connectivity index (χ2v) is 6.32. The van der Waals surface area contributed by atoms with Gasteiger partial charge in [0.1, 0.15) is 0 Å². The first-order valence-electron chi connectivity index (χ1n) is 7.11. The average Bonchev–Trinajstić information content (AvgIpc) is 2.93. The van der Waals surface area contributed by atoms with Crippen LogP contribution in [-0.4, -0.2) is 43.5 Å². The maximum atomic E-state index is 12.1. The van der Waals surface area contributed by atoms with Gasteiger partial charge in [-0.2, -0.15) is 0 Å². The van der Waals surface area contributed by atoms with Crippen molar-refractivity contribution >= 4 is 23.2 Å². The van der Waals surface area contributed by atoms with E-state index in [2.05, 4.69) is 15.5 Å². The van der Waals surface area contributed by atoms with Crippen molar-refractivity contribution in [2.45, 2.75) is 6.92 Å². The molecule has 108 valence electrons. The number of nitrogens with zero attached hydrogens (tertiary/aromatic N) is 1. The summed E-state index contributed by atoms with van der Waals surface area (Å²) in [7, 11) is 0. The number of carbonyl (C=O) groups excluding carboxylic acids is 1. The fraction of sp³-hybridized carbons (Fsp3) is 0.533. The first-order chi connectivity index (χ1) is 9.61. The number of likely N-dealkylation sites (tertiary alicyclic amines) is 1. The van der Waals surface area contributed by atoms with Gasteiger partial charge in [0, 0.05) is 23.8 Å². The second kappa shape index (κ2) is 5.72.